The van der Waals surface area contributed by atoms with Crippen molar-refractivity contribution in [2.24, 2.45) is 5.92 Å². The van der Waals surface area contributed by atoms with E-state index in [1.165, 1.54) is 7.11 Å². The zero-order chi connectivity index (χ0) is 11.8. The topological polar surface area (TPSA) is 69.7 Å². The van der Waals surface area contributed by atoms with Gasteiger partial charge >= 0.3 is 41.0 Å². The van der Waals surface area contributed by atoms with E-state index in [-0.39, 0.29) is 32.3 Å². The zero-order valence-electron chi connectivity index (χ0n) is 11.5. The van der Waals surface area contributed by atoms with E-state index in [1.807, 2.05) is 0 Å². The standard InChI is InChI=1S/C10H14O5.Mg.2H/c1-4-6-7(9(12)14-3)10(13)15-8(11)5-2;;;/h5,7H,2,4,6H2,1,3H3;;;/q;+2;2*-1. The molecule has 1 unspecified atom stereocenters. The Morgan fingerprint density at radius 3 is 2.31 bits per heavy atom. The third kappa shape index (κ3) is 5.87. The minimum absolute atomic E-state index is 0. The normalized spacial score (nSPS) is 10.6. The smallest absolute Gasteiger partial charge is 1.00 e. The molecule has 0 heterocycles. The van der Waals surface area contributed by atoms with E-state index < -0.39 is 23.8 Å². The van der Waals surface area contributed by atoms with Crippen LogP contribution >= 0.6 is 0 Å². The second kappa shape index (κ2) is 9.35. The molecular formula is C10H16MgO5. The van der Waals surface area contributed by atoms with Crippen LogP contribution in [0.15, 0.2) is 12.7 Å². The number of esters is 3. The number of rotatable bonds is 5. The second-order valence-corrected chi connectivity index (χ2v) is 2.81. The van der Waals surface area contributed by atoms with Crippen molar-refractivity contribution in [3.05, 3.63) is 12.7 Å². The van der Waals surface area contributed by atoms with Gasteiger partial charge in [-0.3, -0.25) is 9.59 Å². The zero-order valence-corrected chi connectivity index (χ0v) is 10.9. The molecule has 0 aliphatic heterocycles. The Balaban J connectivity index is -0.000000327. The van der Waals surface area contributed by atoms with Gasteiger partial charge in [-0.2, -0.15) is 0 Å². The fourth-order valence-electron chi connectivity index (χ4n) is 0.975. The Kier molecular flexibility index (Phi) is 10.2. The van der Waals surface area contributed by atoms with Crippen molar-refractivity contribution >= 4 is 41.0 Å². The molecule has 0 bridgehead atoms. The molecule has 16 heavy (non-hydrogen) atoms. The van der Waals surface area contributed by atoms with E-state index in [2.05, 4.69) is 16.1 Å². The van der Waals surface area contributed by atoms with Crippen LogP contribution in [-0.4, -0.2) is 48.1 Å². The minimum atomic E-state index is -1.04. The summed E-state index contributed by atoms with van der Waals surface area (Å²) in [6.45, 7) is 4.95. The summed E-state index contributed by atoms with van der Waals surface area (Å²) >= 11 is 0. The molecule has 0 spiro atoms. The summed E-state index contributed by atoms with van der Waals surface area (Å²) in [5, 5.41) is 0. The Labute approximate surface area is 113 Å². The van der Waals surface area contributed by atoms with E-state index in [0.29, 0.717) is 6.42 Å². The van der Waals surface area contributed by atoms with Gasteiger partial charge < -0.3 is 12.3 Å². The SMILES string of the molecule is C=CC(=O)OC(=O)C(CCC)C(=O)OC.[H-].[H-].[Mg+2]. The van der Waals surface area contributed by atoms with Crippen molar-refractivity contribution in [2.75, 3.05) is 7.11 Å². The molecule has 6 heteroatoms. The predicted octanol–water partition coefficient (Wildman–Crippen LogP) is 0.676. The van der Waals surface area contributed by atoms with Crippen LogP contribution in [-0.2, 0) is 23.9 Å². The van der Waals surface area contributed by atoms with Gasteiger partial charge in [-0.15, -0.1) is 0 Å². The van der Waals surface area contributed by atoms with Crippen molar-refractivity contribution in [1.82, 2.24) is 0 Å². The van der Waals surface area contributed by atoms with Gasteiger partial charge in [0.15, 0.2) is 5.92 Å². The van der Waals surface area contributed by atoms with Crippen LogP contribution in [0.5, 0.6) is 0 Å². The van der Waals surface area contributed by atoms with E-state index in [1.54, 1.807) is 6.92 Å². The van der Waals surface area contributed by atoms with Crippen LogP contribution in [0, 0.1) is 5.92 Å². The monoisotopic (exact) mass is 240 g/mol. The third-order valence-corrected chi connectivity index (χ3v) is 1.72. The van der Waals surface area contributed by atoms with Crippen molar-refractivity contribution in [1.29, 1.82) is 0 Å². The molecule has 0 aliphatic carbocycles. The molecular weight excluding hydrogens is 224 g/mol. The minimum Gasteiger partial charge on any atom is -1.00 e. The van der Waals surface area contributed by atoms with Gasteiger partial charge in [0.25, 0.3) is 0 Å². The van der Waals surface area contributed by atoms with Crippen LogP contribution < -0.4 is 0 Å². The summed E-state index contributed by atoms with van der Waals surface area (Å²) in [5.41, 5.74) is 0. The van der Waals surface area contributed by atoms with E-state index in [0.717, 1.165) is 6.08 Å². The number of ether oxygens (including phenoxy) is 2. The van der Waals surface area contributed by atoms with Gasteiger partial charge in [-0.1, -0.05) is 19.9 Å². The Hall–Kier alpha value is -0.884. The molecule has 0 saturated heterocycles. The maximum atomic E-state index is 11.3. The summed E-state index contributed by atoms with van der Waals surface area (Å²) in [7, 11) is 1.17. The summed E-state index contributed by atoms with van der Waals surface area (Å²) in [6.07, 6.45) is 1.76. The van der Waals surface area contributed by atoms with Crippen LogP contribution in [0.25, 0.3) is 0 Å². The van der Waals surface area contributed by atoms with E-state index >= 15 is 0 Å². The summed E-state index contributed by atoms with van der Waals surface area (Å²) in [4.78, 5) is 33.2. The van der Waals surface area contributed by atoms with Gasteiger partial charge in [0.2, 0.25) is 0 Å². The van der Waals surface area contributed by atoms with Gasteiger partial charge in [0.1, 0.15) is 0 Å². The number of carbonyl (C=O) groups is 3. The first kappa shape index (κ1) is 17.5. The molecule has 0 fully saturated rings. The molecule has 0 amide bonds. The maximum Gasteiger partial charge on any atom is 2.00 e. The van der Waals surface area contributed by atoms with Gasteiger partial charge in [0.05, 0.1) is 7.11 Å². The molecule has 0 aromatic carbocycles. The van der Waals surface area contributed by atoms with E-state index in [4.69, 9.17) is 0 Å². The molecule has 0 saturated carbocycles. The number of carbonyl (C=O) groups excluding carboxylic acids is 3. The summed E-state index contributed by atoms with van der Waals surface area (Å²) < 4.78 is 8.76. The summed E-state index contributed by atoms with van der Waals surface area (Å²) in [5.74, 6) is -3.50. The van der Waals surface area contributed by atoms with Crippen molar-refractivity contribution in [2.45, 2.75) is 19.8 Å². The van der Waals surface area contributed by atoms with Crippen molar-refractivity contribution < 1.29 is 26.7 Å². The van der Waals surface area contributed by atoms with Crippen molar-refractivity contribution in [3.63, 3.8) is 0 Å². The Morgan fingerprint density at radius 1 is 1.38 bits per heavy atom. The maximum absolute atomic E-state index is 11.3. The molecule has 5 nitrogen and oxygen atoms in total. The average molecular weight is 241 g/mol. The van der Waals surface area contributed by atoms with Gasteiger partial charge in [0, 0.05) is 6.08 Å². The molecule has 1 atom stereocenters. The molecule has 0 aromatic rings. The molecule has 0 radical (unpaired) electrons. The first-order valence-electron chi connectivity index (χ1n) is 4.52. The van der Waals surface area contributed by atoms with Crippen LogP contribution in [0.3, 0.4) is 0 Å². The largest absolute Gasteiger partial charge is 2.00 e. The van der Waals surface area contributed by atoms with Crippen LogP contribution in [0.2, 0.25) is 0 Å². The molecule has 0 aliphatic rings. The fraction of sp³-hybridized carbons (Fsp3) is 0.500. The first-order valence-corrected chi connectivity index (χ1v) is 4.52. The Bertz CT molecular complexity index is 283. The third-order valence-electron chi connectivity index (χ3n) is 1.72. The number of hydrogen-bond donors (Lipinski definition) is 0. The molecule has 0 N–H and O–H groups in total. The van der Waals surface area contributed by atoms with Crippen LogP contribution in [0.4, 0.5) is 0 Å². The fourth-order valence-corrected chi connectivity index (χ4v) is 0.975. The molecule has 0 rings (SSSR count). The quantitative estimate of drug-likeness (QED) is 0.306. The number of methoxy groups -OCH3 is 1. The van der Waals surface area contributed by atoms with E-state index in [9.17, 15) is 14.4 Å². The van der Waals surface area contributed by atoms with Crippen molar-refractivity contribution in [3.8, 4) is 0 Å². The van der Waals surface area contributed by atoms with Gasteiger partial charge in [-0.25, -0.2) is 4.79 Å². The molecule has 0 aromatic heterocycles. The first-order chi connectivity index (χ1) is 7.06. The molecule has 88 valence electrons. The van der Waals surface area contributed by atoms with Crippen LogP contribution in [0.1, 0.15) is 22.6 Å². The predicted molar refractivity (Wildman–Crippen MR) is 59.7 cm³/mol. The second-order valence-electron chi connectivity index (χ2n) is 2.81. The number of hydrogen-bond acceptors (Lipinski definition) is 5. The van der Waals surface area contributed by atoms with Gasteiger partial charge in [-0.05, 0) is 6.42 Å². The Morgan fingerprint density at radius 2 is 1.94 bits per heavy atom. The summed E-state index contributed by atoms with van der Waals surface area (Å²) in [6, 6.07) is 0. The average Bonchev–Trinajstić information content (AvgIpc) is 2.24.